The molecule has 4 nitrogen and oxygen atoms in total. The number of ether oxygens (including phenoxy) is 1. The summed E-state index contributed by atoms with van der Waals surface area (Å²) < 4.78 is 5.83. The zero-order valence-electron chi connectivity index (χ0n) is 17.3. The number of nitrogens with one attached hydrogen (secondary N) is 1. The Hall–Kier alpha value is -2.33. The first-order valence-electron chi connectivity index (χ1n) is 10.3. The van der Waals surface area contributed by atoms with Crippen molar-refractivity contribution in [1.82, 2.24) is 10.2 Å². The minimum atomic E-state index is -0.0675. The predicted octanol–water partition coefficient (Wildman–Crippen LogP) is 4.42. The SMILES string of the molecule is Cc1ccccc1OCC(C)NC(=O)c1ccc(CN2CCC(C)CC2)cc1. The van der Waals surface area contributed by atoms with E-state index in [1.54, 1.807) is 0 Å². The van der Waals surface area contributed by atoms with Gasteiger partial charge in [-0.25, -0.2) is 0 Å². The van der Waals surface area contributed by atoms with Gasteiger partial charge >= 0.3 is 0 Å². The van der Waals surface area contributed by atoms with Crippen LogP contribution in [0.3, 0.4) is 0 Å². The number of hydrogen-bond acceptors (Lipinski definition) is 3. The molecule has 4 heteroatoms. The molecule has 3 rings (SSSR count). The molecular weight excluding hydrogens is 348 g/mol. The molecule has 0 spiro atoms. The molecule has 1 aliphatic rings. The topological polar surface area (TPSA) is 41.6 Å². The van der Waals surface area contributed by atoms with Crippen LogP contribution >= 0.6 is 0 Å². The van der Waals surface area contributed by atoms with Crippen LogP contribution < -0.4 is 10.1 Å². The molecule has 1 heterocycles. The van der Waals surface area contributed by atoms with Crippen molar-refractivity contribution in [3.63, 3.8) is 0 Å². The van der Waals surface area contributed by atoms with Crippen LogP contribution in [0.15, 0.2) is 48.5 Å². The fourth-order valence-corrected chi connectivity index (χ4v) is 3.52. The first-order chi connectivity index (χ1) is 13.5. The number of carbonyl (C=O) groups is 1. The van der Waals surface area contributed by atoms with Crippen molar-refractivity contribution in [1.29, 1.82) is 0 Å². The van der Waals surface area contributed by atoms with E-state index in [2.05, 4.69) is 29.3 Å². The van der Waals surface area contributed by atoms with Crippen molar-refractivity contribution < 1.29 is 9.53 Å². The predicted molar refractivity (Wildman–Crippen MR) is 114 cm³/mol. The van der Waals surface area contributed by atoms with Crippen molar-refractivity contribution in [2.24, 2.45) is 5.92 Å². The minimum Gasteiger partial charge on any atom is -0.491 e. The second-order valence-electron chi connectivity index (χ2n) is 8.11. The summed E-state index contributed by atoms with van der Waals surface area (Å²) in [6.07, 6.45) is 2.56. The molecule has 1 aliphatic heterocycles. The Bertz CT molecular complexity index is 764. The van der Waals surface area contributed by atoms with Gasteiger partial charge < -0.3 is 10.1 Å². The molecule has 28 heavy (non-hydrogen) atoms. The Balaban J connectivity index is 1.46. The summed E-state index contributed by atoms with van der Waals surface area (Å²) in [7, 11) is 0. The average Bonchev–Trinajstić information content (AvgIpc) is 2.69. The van der Waals surface area contributed by atoms with E-state index in [1.807, 2.05) is 50.2 Å². The summed E-state index contributed by atoms with van der Waals surface area (Å²) in [6.45, 7) is 10.1. The van der Waals surface area contributed by atoms with Crippen molar-refractivity contribution in [2.75, 3.05) is 19.7 Å². The molecule has 1 atom stereocenters. The van der Waals surface area contributed by atoms with Crippen molar-refractivity contribution in [3.05, 3.63) is 65.2 Å². The van der Waals surface area contributed by atoms with Crippen LogP contribution in [0, 0.1) is 12.8 Å². The number of nitrogens with zero attached hydrogens (tertiary/aromatic N) is 1. The summed E-state index contributed by atoms with van der Waals surface area (Å²) >= 11 is 0. The second kappa shape index (κ2) is 9.74. The highest BCUT2D eigenvalue weighted by molar-refractivity contribution is 5.94. The maximum absolute atomic E-state index is 12.5. The molecule has 1 saturated heterocycles. The van der Waals surface area contributed by atoms with E-state index >= 15 is 0 Å². The largest absolute Gasteiger partial charge is 0.491 e. The number of likely N-dealkylation sites (tertiary alicyclic amines) is 1. The summed E-state index contributed by atoms with van der Waals surface area (Å²) in [4.78, 5) is 15.0. The highest BCUT2D eigenvalue weighted by Crippen LogP contribution is 2.18. The fraction of sp³-hybridized carbons (Fsp3) is 0.458. The molecule has 1 fully saturated rings. The Morgan fingerprint density at radius 2 is 1.82 bits per heavy atom. The number of piperidine rings is 1. The Morgan fingerprint density at radius 3 is 2.50 bits per heavy atom. The van der Waals surface area contributed by atoms with Gasteiger partial charge in [0.2, 0.25) is 0 Å². The molecule has 0 radical (unpaired) electrons. The highest BCUT2D eigenvalue weighted by Gasteiger charge is 2.16. The summed E-state index contributed by atoms with van der Waals surface area (Å²) in [5.74, 6) is 1.65. The number of para-hydroxylation sites is 1. The molecule has 150 valence electrons. The highest BCUT2D eigenvalue weighted by atomic mass is 16.5. The molecule has 0 bridgehead atoms. The summed E-state index contributed by atoms with van der Waals surface area (Å²) in [5, 5.41) is 3.02. The lowest BCUT2D eigenvalue weighted by Gasteiger charge is -2.30. The number of benzene rings is 2. The van der Waals surface area contributed by atoms with Gasteiger partial charge in [-0.3, -0.25) is 9.69 Å². The molecule has 0 aliphatic carbocycles. The van der Waals surface area contributed by atoms with Gasteiger partial charge in [0, 0.05) is 12.1 Å². The molecular formula is C24H32N2O2. The van der Waals surface area contributed by atoms with Crippen molar-refractivity contribution >= 4 is 5.91 Å². The quantitative estimate of drug-likeness (QED) is 0.773. The Labute approximate surface area is 168 Å². The monoisotopic (exact) mass is 380 g/mol. The lowest BCUT2D eigenvalue weighted by atomic mass is 9.99. The van der Waals surface area contributed by atoms with Crippen LogP contribution in [-0.4, -0.2) is 36.5 Å². The van der Waals surface area contributed by atoms with Gasteiger partial charge in [0.1, 0.15) is 12.4 Å². The van der Waals surface area contributed by atoms with Crippen molar-refractivity contribution in [3.8, 4) is 5.75 Å². The number of amides is 1. The van der Waals surface area contributed by atoms with E-state index in [0.717, 1.165) is 23.8 Å². The standard InChI is InChI=1S/C24H32N2O2/c1-18-12-14-26(15-13-18)16-21-8-10-22(11-9-21)24(27)25-20(3)17-28-23-7-5-4-6-19(23)2/h4-11,18,20H,12-17H2,1-3H3,(H,25,27). The van der Waals surface area contributed by atoms with Gasteiger partial charge in [-0.1, -0.05) is 37.3 Å². The zero-order chi connectivity index (χ0) is 19.9. The Kier molecular flexibility index (Phi) is 7.10. The third-order valence-electron chi connectivity index (χ3n) is 5.46. The average molecular weight is 381 g/mol. The van der Waals surface area contributed by atoms with Crippen molar-refractivity contribution in [2.45, 2.75) is 46.2 Å². The van der Waals surface area contributed by atoms with Gasteiger partial charge in [-0.2, -0.15) is 0 Å². The lowest BCUT2D eigenvalue weighted by Crippen LogP contribution is -2.36. The van der Waals surface area contributed by atoms with Gasteiger partial charge in [0.05, 0.1) is 6.04 Å². The van der Waals surface area contributed by atoms with Crippen LogP contribution in [0.25, 0.3) is 0 Å². The zero-order valence-corrected chi connectivity index (χ0v) is 17.3. The van der Waals surface area contributed by atoms with E-state index in [4.69, 9.17) is 4.74 Å². The second-order valence-corrected chi connectivity index (χ2v) is 8.11. The molecule has 2 aromatic rings. The molecule has 2 aromatic carbocycles. The van der Waals surface area contributed by atoms with Gasteiger partial charge in [-0.15, -0.1) is 0 Å². The van der Waals surface area contributed by atoms with E-state index < -0.39 is 0 Å². The fourth-order valence-electron chi connectivity index (χ4n) is 3.52. The van der Waals surface area contributed by atoms with E-state index in [9.17, 15) is 4.79 Å². The molecule has 0 aromatic heterocycles. The van der Waals surface area contributed by atoms with Crippen LogP contribution in [0.5, 0.6) is 5.75 Å². The maximum Gasteiger partial charge on any atom is 0.251 e. The first-order valence-corrected chi connectivity index (χ1v) is 10.3. The maximum atomic E-state index is 12.5. The summed E-state index contributed by atoms with van der Waals surface area (Å²) in [6, 6.07) is 15.8. The number of hydrogen-bond donors (Lipinski definition) is 1. The van der Waals surface area contributed by atoms with Crippen LogP contribution in [0.4, 0.5) is 0 Å². The molecule has 1 unspecified atom stereocenters. The lowest BCUT2D eigenvalue weighted by molar-refractivity contribution is 0.0926. The Morgan fingerprint density at radius 1 is 1.14 bits per heavy atom. The normalized spacial score (nSPS) is 16.5. The van der Waals surface area contributed by atoms with Crippen LogP contribution in [0.1, 0.15) is 48.2 Å². The molecule has 1 N–H and O–H groups in total. The summed E-state index contributed by atoms with van der Waals surface area (Å²) in [5.41, 5.74) is 3.06. The van der Waals surface area contributed by atoms with E-state index in [1.165, 1.54) is 31.5 Å². The molecule has 0 saturated carbocycles. The minimum absolute atomic E-state index is 0.0563. The van der Waals surface area contributed by atoms with Gasteiger partial charge in [-0.05, 0) is 75.0 Å². The van der Waals surface area contributed by atoms with E-state index in [-0.39, 0.29) is 11.9 Å². The number of carbonyl (C=O) groups excluding carboxylic acids is 1. The van der Waals surface area contributed by atoms with Crippen LogP contribution in [0.2, 0.25) is 0 Å². The smallest absolute Gasteiger partial charge is 0.251 e. The van der Waals surface area contributed by atoms with E-state index in [0.29, 0.717) is 12.2 Å². The molecule has 1 amide bonds. The number of rotatable bonds is 7. The first kappa shape index (κ1) is 20.4. The van der Waals surface area contributed by atoms with Crippen LogP contribution in [-0.2, 0) is 6.54 Å². The third kappa shape index (κ3) is 5.83. The number of aryl methyl sites for hydroxylation is 1. The van der Waals surface area contributed by atoms with Gasteiger partial charge in [0.15, 0.2) is 0 Å². The third-order valence-corrected chi connectivity index (χ3v) is 5.46. The van der Waals surface area contributed by atoms with Gasteiger partial charge in [0.25, 0.3) is 5.91 Å².